The van der Waals surface area contributed by atoms with Gasteiger partial charge in [-0.2, -0.15) is 0 Å². The molecule has 0 bridgehead atoms. The number of aromatic nitrogens is 2. The Morgan fingerprint density at radius 3 is 2.62 bits per heavy atom. The van der Waals surface area contributed by atoms with Crippen molar-refractivity contribution >= 4 is 6.09 Å². The highest BCUT2D eigenvalue weighted by Crippen LogP contribution is 2.12. The second-order valence-electron chi connectivity index (χ2n) is 5.59. The number of nitrogens with zero attached hydrogens (tertiary/aromatic N) is 2. The number of halogens is 1. The van der Waals surface area contributed by atoms with E-state index in [0.29, 0.717) is 0 Å². The molecule has 112 valence electrons. The molecule has 1 aromatic heterocycles. The molecule has 0 radical (unpaired) electrons. The number of carbonyl (C=O) groups is 1. The molecule has 6 heteroatoms. The molecular weight excluding hydrogens is 273 g/mol. The van der Waals surface area contributed by atoms with Gasteiger partial charge in [-0.05, 0) is 45.0 Å². The van der Waals surface area contributed by atoms with Crippen LogP contribution in [0.3, 0.4) is 0 Å². The molecule has 0 saturated heterocycles. The molecule has 0 saturated carbocycles. The predicted octanol–water partition coefficient (Wildman–Crippen LogP) is 3.04. The Bertz CT molecular complexity index is 615. The molecule has 2 aromatic rings. The first-order valence-electron chi connectivity index (χ1n) is 6.59. The number of rotatable bonds is 3. The van der Waals surface area contributed by atoms with Crippen LogP contribution in [0.5, 0.6) is 0 Å². The summed E-state index contributed by atoms with van der Waals surface area (Å²) in [5, 5.41) is 2.67. The molecule has 0 aliphatic heterocycles. The molecule has 1 amide bonds. The van der Waals surface area contributed by atoms with Crippen molar-refractivity contribution in [3.63, 3.8) is 0 Å². The molecule has 0 unspecified atom stereocenters. The molecule has 0 aliphatic carbocycles. The van der Waals surface area contributed by atoms with Gasteiger partial charge in [-0.15, -0.1) is 0 Å². The fourth-order valence-electron chi connectivity index (χ4n) is 1.76. The molecule has 0 fully saturated rings. The number of ether oxygens (including phenoxy) is 1. The number of imidazole rings is 1. The Balaban J connectivity index is 2.04. The average molecular weight is 291 g/mol. The third kappa shape index (κ3) is 4.30. The lowest BCUT2D eigenvalue weighted by Gasteiger charge is -2.19. The van der Waals surface area contributed by atoms with Crippen molar-refractivity contribution < 1.29 is 13.9 Å². The topological polar surface area (TPSA) is 56.1 Å². The van der Waals surface area contributed by atoms with Gasteiger partial charge in [0.25, 0.3) is 0 Å². The fraction of sp³-hybridized carbons (Fsp3) is 0.333. The zero-order valence-electron chi connectivity index (χ0n) is 12.3. The fourth-order valence-corrected chi connectivity index (χ4v) is 1.76. The zero-order valence-corrected chi connectivity index (χ0v) is 12.3. The first kappa shape index (κ1) is 15.0. The van der Waals surface area contributed by atoms with Crippen molar-refractivity contribution in [2.45, 2.75) is 32.9 Å². The minimum atomic E-state index is -0.540. The Morgan fingerprint density at radius 2 is 2.00 bits per heavy atom. The van der Waals surface area contributed by atoms with Crippen LogP contribution >= 0.6 is 0 Å². The van der Waals surface area contributed by atoms with Crippen LogP contribution in [0.2, 0.25) is 0 Å². The summed E-state index contributed by atoms with van der Waals surface area (Å²) in [6.45, 7) is 5.67. The van der Waals surface area contributed by atoms with Crippen LogP contribution in [0.4, 0.5) is 9.18 Å². The Hall–Kier alpha value is -2.37. The lowest BCUT2D eigenvalue weighted by molar-refractivity contribution is 0.0522. The summed E-state index contributed by atoms with van der Waals surface area (Å²) in [5.74, 6) is -0.299. The average Bonchev–Trinajstić information content (AvgIpc) is 2.83. The number of hydrogen-bond donors (Lipinski definition) is 1. The largest absolute Gasteiger partial charge is 0.444 e. The molecule has 2 rings (SSSR count). The van der Waals surface area contributed by atoms with E-state index in [1.54, 1.807) is 50.0 Å². The van der Waals surface area contributed by atoms with Gasteiger partial charge in [0, 0.05) is 5.69 Å². The second-order valence-corrected chi connectivity index (χ2v) is 5.59. The van der Waals surface area contributed by atoms with Crippen molar-refractivity contribution in [1.82, 2.24) is 14.9 Å². The SMILES string of the molecule is CC(C)(C)OC(=O)NCc1cncn1-c1ccc(F)cc1. The standard InChI is InChI=1S/C15H18FN3O2/c1-15(2,3)21-14(20)18-9-13-8-17-10-19(13)12-6-4-11(16)5-7-12/h4-8,10H,9H2,1-3H3,(H,18,20). The van der Waals surface area contributed by atoms with Crippen LogP contribution in [0, 0.1) is 5.82 Å². The number of benzene rings is 1. The summed E-state index contributed by atoms with van der Waals surface area (Å²) in [7, 11) is 0. The van der Waals surface area contributed by atoms with Gasteiger partial charge >= 0.3 is 6.09 Å². The number of amides is 1. The molecule has 0 aliphatic rings. The van der Waals surface area contributed by atoms with Crippen LogP contribution in [-0.2, 0) is 11.3 Å². The van der Waals surface area contributed by atoms with E-state index >= 15 is 0 Å². The Labute approximate surface area is 122 Å². The summed E-state index contributed by atoms with van der Waals surface area (Å²) in [4.78, 5) is 15.7. The molecule has 21 heavy (non-hydrogen) atoms. The van der Waals surface area contributed by atoms with E-state index in [1.165, 1.54) is 12.1 Å². The normalized spacial score (nSPS) is 11.2. The van der Waals surface area contributed by atoms with Gasteiger partial charge in [0.15, 0.2) is 0 Å². The van der Waals surface area contributed by atoms with Crippen molar-refractivity contribution in [3.05, 3.63) is 48.3 Å². The van der Waals surface area contributed by atoms with E-state index in [0.717, 1.165) is 11.4 Å². The third-order valence-electron chi connectivity index (χ3n) is 2.63. The van der Waals surface area contributed by atoms with E-state index in [1.807, 2.05) is 0 Å². The summed E-state index contributed by atoms with van der Waals surface area (Å²) < 4.78 is 19.9. The van der Waals surface area contributed by atoms with Crippen LogP contribution in [-0.4, -0.2) is 21.2 Å². The molecule has 1 aromatic carbocycles. The Morgan fingerprint density at radius 1 is 1.33 bits per heavy atom. The maximum absolute atomic E-state index is 12.9. The van der Waals surface area contributed by atoms with Crippen LogP contribution < -0.4 is 5.32 Å². The predicted molar refractivity (Wildman–Crippen MR) is 76.6 cm³/mol. The van der Waals surface area contributed by atoms with Crippen molar-refractivity contribution in [3.8, 4) is 5.69 Å². The first-order chi connectivity index (χ1) is 9.85. The molecule has 1 N–H and O–H groups in total. The second kappa shape index (κ2) is 5.95. The van der Waals surface area contributed by atoms with E-state index in [-0.39, 0.29) is 12.4 Å². The smallest absolute Gasteiger partial charge is 0.407 e. The summed E-state index contributed by atoms with van der Waals surface area (Å²) in [6, 6.07) is 6.04. The van der Waals surface area contributed by atoms with Crippen molar-refractivity contribution in [1.29, 1.82) is 0 Å². The van der Waals surface area contributed by atoms with Gasteiger partial charge in [-0.25, -0.2) is 14.2 Å². The highest BCUT2D eigenvalue weighted by atomic mass is 19.1. The number of hydrogen-bond acceptors (Lipinski definition) is 3. The van der Waals surface area contributed by atoms with Gasteiger partial charge in [-0.1, -0.05) is 0 Å². The van der Waals surface area contributed by atoms with Gasteiger partial charge in [-0.3, -0.25) is 0 Å². The van der Waals surface area contributed by atoms with Gasteiger partial charge in [0.1, 0.15) is 11.4 Å². The number of carbonyl (C=O) groups excluding carboxylic acids is 1. The van der Waals surface area contributed by atoms with Gasteiger partial charge < -0.3 is 14.6 Å². The van der Waals surface area contributed by atoms with Gasteiger partial charge in [0.05, 0.1) is 24.8 Å². The molecule has 1 heterocycles. The van der Waals surface area contributed by atoms with Gasteiger partial charge in [0.2, 0.25) is 0 Å². The van der Waals surface area contributed by atoms with Crippen molar-refractivity contribution in [2.75, 3.05) is 0 Å². The zero-order chi connectivity index (χ0) is 15.5. The summed E-state index contributed by atoms with van der Waals surface area (Å²) >= 11 is 0. The van der Waals surface area contributed by atoms with Crippen LogP contribution in [0.25, 0.3) is 5.69 Å². The number of nitrogens with one attached hydrogen (secondary N) is 1. The maximum Gasteiger partial charge on any atom is 0.407 e. The molecule has 0 spiro atoms. The third-order valence-corrected chi connectivity index (χ3v) is 2.63. The van der Waals surface area contributed by atoms with Crippen molar-refractivity contribution in [2.24, 2.45) is 0 Å². The van der Waals surface area contributed by atoms with E-state index in [2.05, 4.69) is 10.3 Å². The maximum atomic E-state index is 12.9. The number of alkyl carbamates (subject to hydrolysis) is 1. The van der Waals surface area contributed by atoms with E-state index < -0.39 is 11.7 Å². The highest BCUT2D eigenvalue weighted by Gasteiger charge is 2.16. The van der Waals surface area contributed by atoms with E-state index in [4.69, 9.17) is 4.74 Å². The Kier molecular flexibility index (Phi) is 4.26. The summed E-state index contributed by atoms with van der Waals surface area (Å²) in [6.07, 6.45) is 2.76. The lowest BCUT2D eigenvalue weighted by Crippen LogP contribution is -2.32. The lowest BCUT2D eigenvalue weighted by atomic mass is 10.2. The summed E-state index contributed by atoms with van der Waals surface area (Å²) in [5.41, 5.74) is 1.00. The minimum Gasteiger partial charge on any atom is -0.444 e. The molecular formula is C15H18FN3O2. The van der Waals surface area contributed by atoms with Crippen LogP contribution in [0.1, 0.15) is 26.5 Å². The molecule has 5 nitrogen and oxygen atoms in total. The monoisotopic (exact) mass is 291 g/mol. The highest BCUT2D eigenvalue weighted by molar-refractivity contribution is 5.67. The minimum absolute atomic E-state index is 0.270. The van der Waals surface area contributed by atoms with Crippen LogP contribution in [0.15, 0.2) is 36.8 Å². The molecule has 0 atom stereocenters. The quantitative estimate of drug-likeness (QED) is 0.945. The van der Waals surface area contributed by atoms with E-state index in [9.17, 15) is 9.18 Å². The first-order valence-corrected chi connectivity index (χ1v) is 6.59.